The lowest BCUT2D eigenvalue weighted by Gasteiger charge is -2.30. The summed E-state index contributed by atoms with van der Waals surface area (Å²) in [5, 5.41) is 10.3. The lowest BCUT2D eigenvalue weighted by Crippen LogP contribution is -2.39. The van der Waals surface area contributed by atoms with Crippen LogP contribution in [0.15, 0.2) is 36.7 Å². The molecule has 144 valence electrons. The van der Waals surface area contributed by atoms with Crippen LogP contribution in [0.1, 0.15) is 25.1 Å². The molecule has 2 N–H and O–H groups in total. The quantitative estimate of drug-likeness (QED) is 0.655. The van der Waals surface area contributed by atoms with Crippen molar-refractivity contribution in [1.82, 2.24) is 25.1 Å². The molecule has 0 bridgehead atoms. The van der Waals surface area contributed by atoms with Gasteiger partial charge in [0.1, 0.15) is 5.82 Å². The van der Waals surface area contributed by atoms with Crippen LogP contribution in [0, 0.1) is 5.92 Å². The molecule has 0 spiro atoms. The minimum Gasteiger partial charge on any atom is -0.340 e. The number of hydrogen-bond acceptors (Lipinski definition) is 5. The average Bonchev–Trinajstić information content (AvgIpc) is 3.22. The van der Waals surface area contributed by atoms with Crippen LogP contribution in [0.5, 0.6) is 0 Å². The molecule has 0 saturated carbocycles. The smallest absolute Gasteiger partial charge is 0.225 e. The summed E-state index contributed by atoms with van der Waals surface area (Å²) in [6, 6.07) is 7.98. The molecule has 3 aromatic rings. The highest BCUT2D eigenvalue weighted by atomic mass is 35.5. The van der Waals surface area contributed by atoms with Gasteiger partial charge >= 0.3 is 0 Å². The molecule has 1 aliphatic heterocycles. The lowest BCUT2D eigenvalue weighted by atomic mass is 10.0. The zero-order chi connectivity index (χ0) is 19.7. The Bertz CT molecular complexity index is 985. The number of aromatic nitrogens is 4. The van der Waals surface area contributed by atoms with Crippen LogP contribution in [-0.4, -0.2) is 37.5 Å². The first-order chi connectivity index (χ1) is 13.5. The minimum atomic E-state index is -0.0401. The Morgan fingerprint density at radius 2 is 2.00 bits per heavy atom. The standard InChI is InChI=1S/C20H21ClN6O/c1-12(2)19(28)27-8-7-17-16(11-27)18(26-20(21)25-17)24-15-5-3-13(4-6-15)14-9-22-23-10-14/h3-6,9-10,12H,7-8,11H2,1-2H3,(H,22,23)(H,24,25,26). The van der Waals surface area contributed by atoms with E-state index in [4.69, 9.17) is 11.6 Å². The van der Waals surface area contributed by atoms with Gasteiger partial charge in [0.05, 0.1) is 18.4 Å². The Labute approximate surface area is 168 Å². The van der Waals surface area contributed by atoms with Crippen LogP contribution in [0.3, 0.4) is 0 Å². The maximum atomic E-state index is 12.4. The number of amides is 1. The van der Waals surface area contributed by atoms with Crippen molar-refractivity contribution in [2.75, 3.05) is 11.9 Å². The van der Waals surface area contributed by atoms with Gasteiger partial charge in [-0.3, -0.25) is 9.89 Å². The molecule has 0 saturated heterocycles. The Balaban J connectivity index is 1.60. The maximum Gasteiger partial charge on any atom is 0.225 e. The van der Waals surface area contributed by atoms with E-state index < -0.39 is 0 Å². The fourth-order valence-corrected chi connectivity index (χ4v) is 3.52. The third-order valence-electron chi connectivity index (χ3n) is 4.82. The summed E-state index contributed by atoms with van der Waals surface area (Å²) >= 11 is 6.14. The Hall–Kier alpha value is -2.93. The first kappa shape index (κ1) is 18.4. The van der Waals surface area contributed by atoms with E-state index in [-0.39, 0.29) is 17.1 Å². The molecule has 7 nitrogen and oxygen atoms in total. The fraction of sp³-hybridized carbons (Fsp3) is 0.300. The van der Waals surface area contributed by atoms with E-state index in [1.54, 1.807) is 6.20 Å². The molecule has 2 aromatic heterocycles. The highest BCUT2D eigenvalue weighted by Crippen LogP contribution is 2.29. The van der Waals surface area contributed by atoms with Crippen molar-refractivity contribution in [2.45, 2.75) is 26.8 Å². The summed E-state index contributed by atoms with van der Waals surface area (Å²) < 4.78 is 0. The van der Waals surface area contributed by atoms with Gasteiger partial charge in [-0.15, -0.1) is 0 Å². The van der Waals surface area contributed by atoms with Gasteiger partial charge in [0.15, 0.2) is 0 Å². The number of benzene rings is 1. The molecule has 1 aliphatic rings. The number of carbonyl (C=O) groups is 1. The molecule has 0 radical (unpaired) electrons. The summed E-state index contributed by atoms with van der Waals surface area (Å²) in [6.45, 7) is 4.96. The number of carbonyl (C=O) groups excluding carboxylic acids is 1. The fourth-order valence-electron chi connectivity index (χ4n) is 3.33. The number of anilines is 2. The van der Waals surface area contributed by atoms with Crippen LogP contribution < -0.4 is 5.32 Å². The van der Waals surface area contributed by atoms with Gasteiger partial charge in [0.25, 0.3) is 0 Å². The normalized spacial score (nSPS) is 13.5. The first-order valence-corrected chi connectivity index (χ1v) is 9.59. The number of fused-ring (bicyclic) bond motifs is 1. The average molecular weight is 397 g/mol. The molecular formula is C20H21ClN6O. The van der Waals surface area contributed by atoms with E-state index in [9.17, 15) is 4.79 Å². The van der Waals surface area contributed by atoms with E-state index in [0.29, 0.717) is 25.3 Å². The molecule has 1 amide bonds. The van der Waals surface area contributed by atoms with Gasteiger partial charge in [-0.2, -0.15) is 5.10 Å². The molecular weight excluding hydrogens is 376 g/mol. The third kappa shape index (κ3) is 3.71. The van der Waals surface area contributed by atoms with Gasteiger partial charge in [0.2, 0.25) is 11.2 Å². The van der Waals surface area contributed by atoms with E-state index in [2.05, 4.69) is 25.5 Å². The number of H-pyrrole nitrogens is 1. The summed E-state index contributed by atoms with van der Waals surface area (Å²) in [4.78, 5) is 23.0. The number of nitrogens with one attached hydrogen (secondary N) is 2. The lowest BCUT2D eigenvalue weighted by molar-refractivity contribution is -0.135. The number of rotatable bonds is 4. The SMILES string of the molecule is CC(C)C(=O)N1CCc2nc(Cl)nc(Nc3ccc(-c4cn[nH]c4)cc3)c2C1. The van der Waals surface area contributed by atoms with Gasteiger partial charge in [-0.25, -0.2) is 9.97 Å². The van der Waals surface area contributed by atoms with Crippen molar-refractivity contribution in [3.05, 3.63) is 53.2 Å². The van der Waals surface area contributed by atoms with E-state index in [0.717, 1.165) is 28.1 Å². The van der Waals surface area contributed by atoms with Crippen molar-refractivity contribution < 1.29 is 4.79 Å². The van der Waals surface area contributed by atoms with Crippen molar-refractivity contribution in [3.63, 3.8) is 0 Å². The third-order valence-corrected chi connectivity index (χ3v) is 4.99. The zero-order valence-electron chi connectivity index (χ0n) is 15.7. The Kier molecular flexibility index (Phi) is 5.00. The predicted octanol–water partition coefficient (Wildman–Crippen LogP) is 3.80. The van der Waals surface area contributed by atoms with Crippen LogP contribution in [0.4, 0.5) is 11.5 Å². The Morgan fingerprint density at radius 1 is 1.21 bits per heavy atom. The predicted molar refractivity (Wildman–Crippen MR) is 108 cm³/mol. The topological polar surface area (TPSA) is 86.8 Å². The number of hydrogen-bond donors (Lipinski definition) is 2. The van der Waals surface area contributed by atoms with Gasteiger partial charge < -0.3 is 10.2 Å². The minimum absolute atomic E-state index is 0.0401. The molecule has 3 heterocycles. The van der Waals surface area contributed by atoms with Crippen LogP contribution in [0.2, 0.25) is 5.28 Å². The number of halogens is 1. The van der Waals surface area contributed by atoms with Crippen molar-refractivity contribution in [2.24, 2.45) is 5.92 Å². The molecule has 4 rings (SSSR count). The van der Waals surface area contributed by atoms with E-state index >= 15 is 0 Å². The molecule has 0 unspecified atom stereocenters. The monoisotopic (exact) mass is 396 g/mol. The number of nitrogens with zero attached hydrogens (tertiary/aromatic N) is 4. The highest BCUT2D eigenvalue weighted by Gasteiger charge is 2.26. The van der Waals surface area contributed by atoms with E-state index in [1.165, 1.54) is 0 Å². The first-order valence-electron chi connectivity index (χ1n) is 9.21. The number of aromatic amines is 1. The summed E-state index contributed by atoms with van der Waals surface area (Å²) in [6.07, 6.45) is 4.30. The van der Waals surface area contributed by atoms with Gasteiger partial charge in [-0.05, 0) is 29.3 Å². The summed E-state index contributed by atoms with van der Waals surface area (Å²) in [7, 11) is 0. The van der Waals surface area contributed by atoms with Crippen LogP contribution in [0.25, 0.3) is 11.1 Å². The van der Waals surface area contributed by atoms with Crippen molar-refractivity contribution in [1.29, 1.82) is 0 Å². The molecule has 1 aromatic carbocycles. The molecule has 8 heteroatoms. The molecule has 0 fully saturated rings. The maximum absolute atomic E-state index is 12.4. The van der Waals surface area contributed by atoms with Crippen molar-refractivity contribution in [3.8, 4) is 11.1 Å². The summed E-state index contributed by atoms with van der Waals surface area (Å²) in [5.74, 6) is 0.741. The molecule has 0 aliphatic carbocycles. The largest absolute Gasteiger partial charge is 0.340 e. The van der Waals surface area contributed by atoms with Crippen LogP contribution >= 0.6 is 11.6 Å². The van der Waals surface area contributed by atoms with E-state index in [1.807, 2.05) is 49.2 Å². The zero-order valence-corrected chi connectivity index (χ0v) is 16.5. The molecule has 0 atom stereocenters. The molecule has 28 heavy (non-hydrogen) atoms. The van der Waals surface area contributed by atoms with Crippen molar-refractivity contribution >= 4 is 29.0 Å². The highest BCUT2D eigenvalue weighted by molar-refractivity contribution is 6.28. The second-order valence-electron chi connectivity index (χ2n) is 7.12. The Morgan fingerprint density at radius 3 is 2.68 bits per heavy atom. The van der Waals surface area contributed by atoms with Gasteiger partial charge in [-0.1, -0.05) is 26.0 Å². The van der Waals surface area contributed by atoms with Gasteiger partial charge in [0, 0.05) is 41.9 Å². The second kappa shape index (κ2) is 7.59. The second-order valence-corrected chi connectivity index (χ2v) is 7.46. The summed E-state index contributed by atoms with van der Waals surface area (Å²) in [5.41, 5.74) is 4.79. The van der Waals surface area contributed by atoms with Crippen LogP contribution in [-0.2, 0) is 17.8 Å².